The molecule has 1 aromatic carbocycles. The third kappa shape index (κ3) is 3.53. The highest BCUT2D eigenvalue weighted by atomic mass is 32.2. The van der Waals surface area contributed by atoms with Crippen LogP contribution < -0.4 is 5.32 Å². The van der Waals surface area contributed by atoms with Crippen LogP contribution in [-0.2, 0) is 14.6 Å². The van der Waals surface area contributed by atoms with Crippen LogP contribution in [0, 0.1) is 12.7 Å². The van der Waals surface area contributed by atoms with Gasteiger partial charge in [0.1, 0.15) is 5.82 Å². The van der Waals surface area contributed by atoms with E-state index in [1.54, 1.807) is 0 Å². The summed E-state index contributed by atoms with van der Waals surface area (Å²) < 4.78 is 37.5. The van der Waals surface area contributed by atoms with E-state index in [-0.39, 0.29) is 16.9 Å². The predicted octanol–water partition coefficient (Wildman–Crippen LogP) is 0.742. The van der Waals surface area contributed by atoms with Crippen molar-refractivity contribution in [2.75, 3.05) is 12.8 Å². The Morgan fingerprint density at radius 3 is 2.45 bits per heavy atom. The molecule has 0 radical (unpaired) electrons. The Morgan fingerprint density at radius 2 is 1.95 bits per heavy atom. The van der Waals surface area contributed by atoms with Gasteiger partial charge in [0.2, 0.25) is 5.91 Å². The minimum atomic E-state index is -3.85. The zero-order valence-corrected chi connectivity index (χ0v) is 11.8. The van der Waals surface area contributed by atoms with Crippen LogP contribution in [0.5, 0.6) is 0 Å². The first-order chi connectivity index (χ1) is 9.19. The van der Waals surface area contributed by atoms with Crippen LogP contribution >= 0.6 is 0 Å². The number of carbonyl (C=O) groups excluding carboxylic acids is 1. The van der Waals surface area contributed by atoms with Crippen LogP contribution in [0.25, 0.3) is 0 Å². The molecule has 20 heavy (non-hydrogen) atoms. The number of hydrogen-bond acceptors (Lipinski definition) is 4. The van der Waals surface area contributed by atoms with Gasteiger partial charge in [-0.3, -0.25) is 4.79 Å². The van der Waals surface area contributed by atoms with E-state index < -0.39 is 38.8 Å². The van der Waals surface area contributed by atoms with Gasteiger partial charge < -0.3 is 10.4 Å². The molecule has 0 unspecified atom stereocenters. The summed E-state index contributed by atoms with van der Waals surface area (Å²) in [6.45, 7) is 1.28. The summed E-state index contributed by atoms with van der Waals surface area (Å²) in [5.41, 5.74) is -0.785. The van der Waals surface area contributed by atoms with Gasteiger partial charge in [0.25, 0.3) is 0 Å². The lowest BCUT2D eigenvalue weighted by atomic mass is 10.1. The highest BCUT2D eigenvalue weighted by Crippen LogP contribution is 2.20. The Labute approximate surface area is 115 Å². The number of carbonyl (C=O) groups is 2. The van der Waals surface area contributed by atoms with Crippen molar-refractivity contribution in [1.82, 2.24) is 5.32 Å². The monoisotopic (exact) mass is 303 g/mol. The van der Waals surface area contributed by atoms with Gasteiger partial charge in [0.15, 0.2) is 9.84 Å². The number of halogens is 1. The summed E-state index contributed by atoms with van der Waals surface area (Å²) in [4.78, 5) is 21.6. The van der Waals surface area contributed by atoms with Crippen LogP contribution in [0.1, 0.15) is 22.3 Å². The summed E-state index contributed by atoms with van der Waals surface area (Å²) in [5.74, 6) is -3.45. The standard InChI is InChI=1S/C12H14FNO5S/c1-7-5-8(6-9(11(7)13)12(16)17)20(18,19)4-3-10(15)14-2/h5-6H,3-4H2,1-2H3,(H,14,15)(H,16,17). The summed E-state index contributed by atoms with van der Waals surface area (Å²) in [6, 6.07) is 1.82. The molecule has 0 fully saturated rings. The highest BCUT2D eigenvalue weighted by Gasteiger charge is 2.22. The Hall–Kier alpha value is -1.96. The van der Waals surface area contributed by atoms with Crippen LogP contribution in [0.3, 0.4) is 0 Å². The lowest BCUT2D eigenvalue weighted by molar-refractivity contribution is -0.120. The number of rotatable bonds is 5. The van der Waals surface area contributed by atoms with E-state index in [0.717, 1.165) is 12.1 Å². The lowest BCUT2D eigenvalue weighted by Gasteiger charge is -2.08. The average Bonchev–Trinajstić information content (AvgIpc) is 2.38. The zero-order chi connectivity index (χ0) is 15.5. The van der Waals surface area contributed by atoms with Crippen LogP contribution in [-0.4, -0.2) is 38.2 Å². The Kier molecular flexibility index (Phi) is 4.83. The first kappa shape index (κ1) is 16.1. The van der Waals surface area contributed by atoms with E-state index in [2.05, 4.69) is 5.32 Å². The minimum absolute atomic E-state index is 0.0802. The topological polar surface area (TPSA) is 101 Å². The van der Waals surface area contributed by atoms with Crippen LogP contribution in [0.4, 0.5) is 4.39 Å². The number of carboxylic acid groups (broad SMARTS) is 1. The number of hydrogen-bond donors (Lipinski definition) is 2. The highest BCUT2D eigenvalue weighted by molar-refractivity contribution is 7.91. The molecule has 0 aromatic heterocycles. The Morgan fingerprint density at radius 1 is 1.35 bits per heavy atom. The van der Waals surface area contributed by atoms with Gasteiger partial charge in [-0.05, 0) is 24.6 Å². The molecule has 0 saturated heterocycles. The van der Waals surface area contributed by atoms with Crippen LogP contribution in [0.2, 0.25) is 0 Å². The number of sulfone groups is 1. The molecule has 0 aliphatic heterocycles. The van der Waals surface area contributed by atoms with Crippen molar-refractivity contribution < 1.29 is 27.5 Å². The lowest BCUT2D eigenvalue weighted by Crippen LogP contribution is -2.21. The molecule has 0 bridgehead atoms. The summed E-state index contributed by atoms with van der Waals surface area (Å²) >= 11 is 0. The van der Waals surface area contributed by atoms with Gasteiger partial charge in [-0.25, -0.2) is 17.6 Å². The van der Waals surface area contributed by atoms with Gasteiger partial charge in [0.05, 0.1) is 16.2 Å². The van der Waals surface area contributed by atoms with Crippen LogP contribution in [0.15, 0.2) is 17.0 Å². The molecule has 1 rings (SSSR count). The van der Waals surface area contributed by atoms with Gasteiger partial charge in [-0.2, -0.15) is 0 Å². The van der Waals surface area contributed by atoms with E-state index >= 15 is 0 Å². The van der Waals surface area contributed by atoms with E-state index in [1.165, 1.54) is 14.0 Å². The minimum Gasteiger partial charge on any atom is -0.478 e. The molecular formula is C12H14FNO5S. The fraction of sp³-hybridized carbons (Fsp3) is 0.333. The second kappa shape index (κ2) is 6.00. The molecule has 8 heteroatoms. The number of amides is 1. The van der Waals surface area contributed by atoms with Crippen molar-refractivity contribution in [2.24, 2.45) is 0 Å². The Bertz CT molecular complexity index is 654. The number of aryl methyl sites for hydroxylation is 1. The average molecular weight is 303 g/mol. The molecule has 0 spiro atoms. The maximum Gasteiger partial charge on any atom is 0.338 e. The molecule has 1 amide bonds. The van der Waals surface area contributed by atoms with Crippen molar-refractivity contribution >= 4 is 21.7 Å². The van der Waals surface area contributed by atoms with E-state index in [0.29, 0.717) is 0 Å². The quantitative estimate of drug-likeness (QED) is 0.781. The van der Waals surface area contributed by atoms with E-state index in [1.807, 2.05) is 0 Å². The summed E-state index contributed by atoms with van der Waals surface area (Å²) in [7, 11) is -2.48. The van der Waals surface area contributed by atoms with Crippen molar-refractivity contribution in [3.8, 4) is 0 Å². The summed E-state index contributed by atoms with van der Waals surface area (Å²) in [6.07, 6.45) is -0.252. The molecule has 0 saturated carbocycles. The molecule has 1 aromatic rings. The van der Waals surface area contributed by atoms with Gasteiger partial charge in [-0.15, -0.1) is 0 Å². The number of benzene rings is 1. The van der Waals surface area contributed by atoms with Crippen molar-refractivity contribution in [1.29, 1.82) is 0 Å². The second-order valence-corrected chi connectivity index (χ2v) is 6.26. The fourth-order valence-corrected chi connectivity index (χ4v) is 2.89. The SMILES string of the molecule is CNC(=O)CCS(=O)(=O)c1cc(C)c(F)c(C(=O)O)c1. The first-order valence-electron chi connectivity index (χ1n) is 5.66. The molecular weight excluding hydrogens is 289 g/mol. The number of nitrogens with one attached hydrogen (secondary N) is 1. The van der Waals surface area contributed by atoms with Crippen molar-refractivity contribution in [3.05, 3.63) is 29.1 Å². The Balaban J connectivity index is 3.19. The molecule has 0 aliphatic carbocycles. The van der Waals surface area contributed by atoms with Gasteiger partial charge in [-0.1, -0.05) is 0 Å². The maximum atomic E-state index is 13.5. The molecule has 0 aliphatic rings. The first-order valence-corrected chi connectivity index (χ1v) is 7.31. The third-order valence-electron chi connectivity index (χ3n) is 2.69. The normalized spacial score (nSPS) is 11.2. The summed E-state index contributed by atoms with van der Waals surface area (Å²) in [5, 5.41) is 11.1. The molecule has 6 nitrogen and oxygen atoms in total. The van der Waals surface area contributed by atoms with Gasteiger partial charge in [0, 0.05) is 13.5 Å². The smallest absolute Gasteiger partial charge is 0.338 e. The van der Waals surface area contributed by atoms with Crippen molar-refractivity contribution in [3.63, 3.8) is 0 Å². The van der Waals surface area contributed by atoms with E-state index in [4.69, 9.17) is 5.11 Å². The molecule has 2 N–H and O–H groups in total. The van der Waals surface area contributed by atoms with Crippen molar-refractivity contribution in [2.45, 2.75) is 18.2 Å². The second-order valence-electron chi connectivity index (χ2n) is 4.15. The predicted molar refractivity (Wildman–Crippen MR) is 68.8 cm³/mol. The molecule has 0 atom stereocenters. The largest absolute Gasteiger partial charge is 0.478 e. The number of aromatic carboxylic acids is 1. The van der Waals surface area contributed by atoms with E-state index in [9.17, 15) is 22.4 Å². The third-order valence-corrected chi connectivity index (χ3v) is 4.39. The molecule has 0 heterocycles. The maximum absolute atomic E-state index is 13.5. The molecule has 110 valence electrons. The zero-order valence-electron chi connectivity index (χ0n) is 10.9. The fourth-order valence-electron chi connectivity index (χ4n) is 1.54. The van der Waals surface area contributed by atoms with Gasteiger partial charge >= 0.3 is 5.97 Å². The number of carboxylic acids is 1.